The van der Waals surface area contributed by atoms with E-state index in [-0.39, 0.29) is 17.5 Å². The quantitative estimate of drug-likeness (QED) is 0.859. The third-order valence-corrected chi connectivity index (χ3v) is 3.48. The Morgan fingerprint density at radius 3 is 2.80 bits per heavy atom. The summed E-state index contributed by atoms with van der Waals surface area (Å²) in [5, 5.41) is 17.3. The van der Waals surface area contributed by atoms with Gasteiger partial charge >= 0.3 is 5.97 Å². The molecule has 1 aromatic carbocycles. The van der Waals surface area contributed by atoms with Crippen molar-refractivity contribution in [3.8, 4) is 5.69 Å². The van der Waals surface area contributed by atoms with Gasteiger partial charge in [0.1, 0.15) is 11.6 Å². The van der Waals surface area contributed by atoms with Gasteiger partial charge in [-0.3, -0.25) is 9.36 Å². The number of thioether (sulfide) groups is 1. The molecule has 106 valence electrons. The summed E-state index contributed by atoms with van der Waals surface area (Å²) < 4.78 is 15.1. The zero-order chi connectivity index (χ0) is 14.7. The number of nitrogens with zero attached hydrogens (tertiary/aromatic N) is 3. The van der Waals surface area contributed by atoms with Gasteiger partial charge in [-0.15, -0.1) is 10.2 Å². The number of carboxylic acid groups (broad SMARTS) is 1. The van der Waals surface area contributed by atoms with Crippen LogP contribution in [0, 0.1) is 5.82 Å². The summed E-state index contributed by atoms with van der Waals surface area (Å²) >= 11 is 1.06. The van der Waals surface area contributed by atoms with Crippen LogP contribution in [0.25, 0.3) is 5.69 Å². The van der Waals surface area contributed by atoms with Gasteiger partial charge in [0.05, 0.1) is 11.4 Å². The summed E-state index contributed by atoms with van der Waals surface area (Å²) in [6.07, 6.45) is 0. The monoisotopic (exact) mass is 295 g/mol. The third-order valence-electron chi connectivity index (χ3n) is 2.57. The summed E-state index contributed by atoms with van der Waals surface area (Å²) in [6.45, 7) is 3.90. The van der Waals surface area contributed by atoms with Crippen LogP contribution in [0.1, 0.15) is 25.6 Å². The Hall–Kier alpha value is -1.89. The first-order valence-corrected chi connectivity index (χ1v) is 7.03. The Kier molecular flexibility index (Phi) is 4.39. The van der Waals surface area contributed by atoms with Gasteiger partial charge in [0, 0.05) is 5.92 Å². The molecular formula is C13H14FN3O2S. The van der Waals surface area contributed by atoms with E-state index in [1.54, 1.807) is 16.7 Å². The number of hydrogen-bond acceptors (Lipinski definition) is 4. The van der Waals surface area contributed by atoms with Crippen molar-refractivity contribution in [2.75, 3.05) is 5.75 Å². The molecule has 0 aliphatic rings. The fourth-order valence-electron chi connectivity index (χ4n) is 1.73. The minimum absolute atomic E-state index is 0.0879. The maximum absolute atomic E-state index is 13.4. The Labute approximate surface area is 119 Å². The van der Waals surface area contributed by atoms with Crippen molar-refractivity contribution in [1.29, 1.82) is 0 Å². The Morgan fingerprint density at radius 2 is 2.20 bits per heavy atom. The molecule has 0 amide bonds. The number of carboxylic acids is 1. The fraction of sp³-hybridized carbons (Fsp3) is 0.308. The highest BCUT2D eigenvalue weighted by molar-refractivity contribution is 7.99. The van der Waals surface area contributed by atoms with Crippen LogP contribution in [0.15, 0.2) is 29.4 Å². The van der Waals surface area contributed by atoms with Gasteiger partial charge < -0.3 is 5.11 Å². The first-order chi connectivity index (χ1) is 9.49. The predicted molar refractivity (Wildman–Crippen MR) is 73.8 cm³/mol. The van der Waals surface area contributed by atoms with E-state index < -0.39 is 5.97 Å². The molecule has 2 rings (SSSR count). The molecule has 0 saturated heterocycles. The van der Waals surface area contributed by atoms with E-state index in [0.29, 0.717) is 16.7 Å². The number of hydrogen-bond donors (Lipinski definition) is 1. The van der Waals surface area contributed by atoms with E-state index in [4.69, 9.17) is 5.11 Å². The summed E-state index contributed by atoms with van der Waals surface area (Å²) in [5.41, 5.74) is 0.589. The van der Waals surface area contributed by atoms with Crippen molar-refractivity contribution in [2.45, 2.75) is 24.9 Å². The summed E-state index contributed by atoms with van der Waals surface area (Å²) in [4.78, 5) is 10.7. The van der Waals surface area contributed by atoms with Crippen molar-refractivity contribution in [3.05, 3.63) is 35.9 Å². The average Bonchev–Trinajstić information content (AvgIpc) is 2.80. The van der Waals surface area contributed by atoms with Crippen molar-refractivity contribution in [3.63, 3.8) is 0 Å². The molecule has 0 fully saturated rings. The number of aliphatic carboxylic acids is 1. The first-order valence-electron chi connectivity index (χ1n) is 6.05. The van der Waals surface area contributed by atoms with Gasteiger partial charge in [-0.2, -0.15) is 0 Å². The van der Waals surface area contributed by atoms with Crippen LogP contribution >= 0.6 is 11.8 Å². The highest BCUT2D eigenvalue weighted by Crippen LogP contribution is 2.25. The van der Waals surface area contributed by atoms with Gasteiger partial charge in [0.25, 0.3) is 0 Å². The molecule has 0 unspecified atom stereocenters. The maximum Gasteiger partial charge on any atom is 0.313 e. The van der Waals surface area contributed by atoms with Gasteiger partial charge in [-0.05, 0) is 18.2 Å². The SMILES string of the molecule is CC(C)c1nnc(SCC(=O)O)n1-c1cccc(F)c1. The smallest absolute Gasteiger partial charge is 0.313 e. The van der Waals surface area contributed by atoms with Gasteiger partial charge in [-0.25, -0.2) is 4.39 Å². The van der Waals surface area contributed by atoms with Crippen molar-refractivity contribution in [2.24, 2.45) is 0 Å². The lowest BCUT2D eigenvalue weighted by atomic mass is 10.2. The number of carbonyl (C=O) groups is 1. The molecule has 5 nitrogen and oxygen atoms in total. The molecule has 20 heavy (non-hydrogen) atoms. The molecule has 0 radical (unpaired) electrons. The zero-order valence-electron chi connectivity index (χ0n) is 11.1. The Morgan fingerprint density at radius 1 is 1.45 bits per heavy atom. The maximum atomic E-state index is 13.4. The van der Waals surface area contributed by atoms with E-state index in [2.05, 4.69) is 10.2 Å². The lowest BCUT2D eigenvalue weighted by Gasteiger charge is -2.11. The lowest BCUT2D eigenvalue weighted by molar-refractivity contribution is -0.133. The summed E-state index contributed by atoms with van der Waals surface area (Å²) in [7, 11) is 0. The van der Waals surface area contributed by atoms with Gasteiger partial charge in [-0.1, -0.05) is 31.7 Å². The van der Waals surface area contributed by atoms with E-state index in [1.165, 1.54) is 12.1 Å². The molecule has 0 atom stereocenters. The molecule has 1 aromatic heterocycles. The second kappa shape index (κ2) is 6.04. The summed E-state index contributed by atoms with van der Waals surface area (Å²) in [6, 6.07) is 6.07. The van der Waals surface area contributed by atoms with Crippen LogP contribution in [0.3, 0.4) is 0 Å². The number of rotatable bonds is 5. The molecule has 1 heterocycles. The first kappa shape index (κ1) is 14.5. The topological polar surface area (TPSA) is 68.0 Å². The van der Waals surface area contributed by atoms with E-state index >= 15 is 0 Å². The summed E-state index contributed by atoms with van der Waals surface area (Å²) in [5.74, 6) is -0.658. The molecule has 0 bridgehead atoms. The van der Waals surface area contributed by atoms with Crippen LogP contribution in [-0.2, 0) is 4.79 Å². The second-order valence-corrected chi connectivity index (χ2v) is 5.44. The molecule has 0 saturated carbocycles. The largest absolute Gasteiger partial charge is 0.481 e. The lowest BCUT2D eigenvalue weighted by Crippen LogP contribution is -2.06. The van der Waals surface area contributed by atoms with Gasteiger partial charge in [0.15, 0.2) is 5.16 Å². The molecule has 2 aromatic rings. The third kappa shape index (κ3) is 3.16. The van der Waals surface area contributed by atoms with Crippen molar-refractivity contribution >= 4 is 17.7 Å². The normalized spacial score (nSPS) is 11.0. The molecule has 1 N–H and O–H groups in total. The predicted octanol–water partition coefficient (Wildman–Crippen LogP) is 2.71. The van der Waals surface area contributed by atoms with Crippen molar-refractivity contribution < 1.29 is 14.3 Å². The zero-order valence-corrected chi connectivity index (χ0v) is 11.9. The van der Waals surface area contributed by atoms with Gasteiger partial charge in [0.2, 0.25) is 0 Å². The molecule has 0 spiro atoms. The van der Waals surface area contributed by atoms with E-state index in [1.807, 2.05) is 13.8 Å². The van der Waals surface area contributed by atoms with Crippen LogP contribution in [0.5, 0.6) is 0 Å². The molecule has 0 aliphatic heterocycles. The Balaban J connectivity index is 2.46. The van der Waals surface area contributed by atoms with Crippen LogP contribution in [0.2, 0.25) is 0 Å². The van der Waals surface area contributed by atoms with Crippen molar-refractivity contribution in [1.82, 2.24) is 14.8 Å². The fourth-order valence-corrected chi connectivity index (χ4v) is 2.41. The van der Waals surface area contributed by atoms with E-state index in [0.717, 1.165) is 11.8 Å². The van der Waals surface area contributed by atoms with E-state index in [9.17, 15) is 9.18 Å². The van der Waals surface area contributed by atoms with Crippen LogP contribution < -0.4 is 0 Å². The number of benzene rings is 1. The van der Waals surface area contributed by atoms with Crippen LogP contribution in [-0.4, -0.2) is 31.6 Å². The highest BCUT2D eigenvalue weighted by atomic mass is 32.2. The minimum atomic E-state index is -0.935. The molecular weight excluding hydrogens is 281 g/mol. The molecule has 0 aliphatic carbocycles. The number of halogens is 1. The number of aromatic nitrogens is 3. The highest BCUT2D eigenvalue weighted by Gasteiger charge is 2.18. The standard InChI is InChI=1S/C13H14FN3O2S/c1-8(2)12-15-16-13(20-7-11(18)19)17(12)10-5-3-4-9(14)6-10/h3-6,8H,7H2,1-2H3,(H,18,19). The average molecular weight is 295 g/mol. The second-order valence-electron chi connectivity index (χ2n) is 4.49. The Bertz CT molecular complexity index is 628. The minimum Gasteiger partial charge on any atom is -0.481 e. The van der Waals surface area contributed by atoms with Crippen LogP contribution in [0.4, 0.5) is 4.39 Å². The molecule has 7 heteroatoms.